The highest BCUT2D eigenvalue weighted by Gasteiger charge is 2.40. The number of ether oxygens (including phenoxy) is 5. The highest BCUT2D eigenvalue weighted by Crippen LogP contribution is 2.37. The topological polar surface area (TPSA) is 92.2 Å². The van der Waals surface area contributed by atoms with Crippen molar-refractivity contribution in [2.24, 2.45) is 0 Å². The second-order valence-electron chi connectivity index (χ2n) is 5.95. The molecule has 8 heteroatoms. The molecule has 2 heterocycles. The van der Waals surface area contributed by atoms with Crippen LogP contribution < -0.4 is 4.74 Å². The molecule has 146 valence electrons. The first-order valence-corrected chi connectivity index (χ1v) is 8.84. The molecule has 8 nitrogen and oxygen atoms in total. The number of nitrogens with zero attached hydrogens (tertiary/aromatic N) is 2. The fourth-order valence-electron chi connectivity index (χ4n) is 2.77. The van der Waals surface area contributed by atoms with Crippen LogP contribution in [-0.2, 0) is 31.3 Å². The number of aromatic hydroxyl groups is 1. The van der Waals surface area contributed by atoms with Gasteiger partial charge in [0.15, 0.2) is 11.5 Å². The number of hydrogen-bond acceptors (Lipinski definition) is 8. The van der Waals surface area contributed by atoms with Crippen LogP contribution in [-0.4, -0.2) is 55.2 Å². The molecular formula is C19H24N2O6. The summed E-state index contributed by atoms with van der Waals surface area (Å²) in [6.45, 7) is 2.17. The Labute approximate surface area is 158 Å². The van der Waals surface area contributed by atoms with Gasteiger partial charge in [-0.3, -0.25) is 0 Å². The third-order valence-corrected chi connectivity index (χ3v) is 4.09. The summed E-state index contributed by atoms with van der Waals surface area (Å²) >= 11 is 0. The van der Waals surface area contributed by atoms with Crippen molar-refractivity contribution in [3.05, 3.63) is 48.0 Å². The number of aryl methyl sites for hydroxylation is 1. The number of phenolic OH excluding ortho intramolecular Hbond substituents is 1. The molecule has 1 saturated heterocycles. The minimum absolute atomic E-state index is 0.0431. The van der Waals surface area contributed by atoms with E-state index in [2.05, 4.69) is 9.97 Å². The molecule has 2 aromatic rings. The summed E-state index contributed by atoms with van der Waals surface area (Å²) in [7, 11) is 1.48. The minimum atomic E-state index is -1.30. The van der Waals surface area contributed by atoms with E-state index in [1.807, 2.05) is 0 Å². The van der Waals surface area contributed by atoms with Crippen LogP contribution in [0.1, 0.15) is 17.5 Å². The van der Waals surface area contributed by atoms with E-state index in [1.165, 1.54) is 19.5 Å². The molecule has 0 aliphatic carbocycles. The van der Waals surface area contributed by atoms with Crippen LogP contribution >= 0.6 is 0 Å². The molecule has 1 aromatic heterocycles. The molecule has 0 radical (unpaired) electrons. The van der Waals surface area contributed by atoms with Gasteiger partial charge in [0.2, 0.25) is 0 Å². The Bertz CT molecular complexity index is 707. The zero-order valence-electron chi connectivity index (χ0n) is 15.3. The van der Waals surface area contributed by atoms with Gasteiger partial charge >= 0.3 is 5.97 Å². The number of phenols is 1. The lowest BCUT2D eigenvalue weighted by Crippen LogP contribution is -2.32. The molecule has 1 fully saturated rings. The van der Waals surface area contributed by atoms with E-state index < -0.39 is 5.97 Å². The predicted molar refractivity (Wildman–Crippen MR) is 95.4 cm³/mol. The summed E-state index contributed by atoms with van der Waals surface area (Å²) in [5.41, 5.74) is 1.71. The van der Waals surface area contributed by atoms with Gasteiger partial charge in [-0.15, -0.1) is 0 Å². The van der Waals surface area contributed by atoms with E-state index in [-0.39, 0.29) is 5.75 Å². The Morgan fingerprint density at radius 3 is 2.63 bits per heavy atom. The molecule has 1 aliphatic rings. The molecule has 3 rings (SSSR count). The standard InChI is InChI=1S/C19H24N2O6/c1-23-18-11-16(4-5-17(18)22)19(26-9-10-27-19)25-8-7-24-6-2-3-15-12-20-14-21-13-15/h4-5,11-14,22H,2-3,6-10H2,1H3. The smallest absolute Gasteiger partial charge is 0.312 e. The Hall–Kier alpha value is -2.26. The van der Waals surface area contributed by atoms with E-state index in [4.69, 9.17) is 23.7 Å². The molecule has 1 aliphatic heterocycles. The lowest BCUT2D eigenvalue weighted by atomic mass is 10.1. The fourth-order valence-corrected chi connectivity index (χ4v) is 2.77. The van der Waals surface area contributed by atoms with Crippen molar-refractivity contribution in [3.8, 4) is 11.5 Å². The van der Waals surface area contributed by atoms with Gasteiger partial charge in [-0.2, -0.15) is 0 Å². The van der Waals surface area contributed by atoms with Crippen LogP contribution in [0.4, 0.5) is 0 Å². The predicted octanol–water partition coefficient (Wildman–Crippen LogP) is 2.01. The quantitative estimate of drug-likeness (QED) is 0.630. The van der Waals surface area contributed by atoms with Crippen molar-refractivity contribution >= 4 is 0 Å². The monoisotopic (exact) mass is 376 g/mol. The maximum absolute atomic E-state index is 9.77. The lowest BCUT2D eigenvalue weighted by Gasteiger charge is -2.27. The summed E-state index contributed by atoms with van der Waals surface area (Å²) in [5, 5.41) is 9.77. The van der Waals surface area contributed by atoms with E-state index in [0.717, 1.165) is 18.4 Å². The summed E-state index contributed by atoms with van der Waals surface area (Å²) in [6, 6.07) is 4.85. The Morgan fingerprint density at radius 1 is 1.11 bits per heavy atom. The third kappa shape index (κ3) is 5.14. The number of rotatable bonds is 10. The highest BCUT2D eigenvalue weighted by atomic mass is 16.9. The first-order chi connectivity index (χ1) is 13.2. The first kappa shape index (κ1) is 19.5. The zero-order chi connectivity index (χ0) is 19.0. The van der Waals surface area contributed by atoms with Crippen LogP contribution in [0.3, 0.4) is 0 Å². The second kappa shape index (κ2) is 9.61. The van der Waals surface area contributed by atoms with Gasteiger partial charge in [0, 0.05) is 24.6 Å². The van der Waals surface area contributed by atoms with Crippen molar-refractivity contribution in [1.82, 2.24) is 9.97 Å². The van der Waals surface area contributed by atoms with Gasteiger partial charge in [0.05, 0.1) is 33.5 Å². The van der Waals surface area contributed by atoms with Crippen LogP contribution in [0.5, 0.6) is 11.5 Å². The highest BCUT2D eigenvalue weighted by molar-refractivity contribution is 5.42. The molecule has 0 unspecified atom stereocenters. The fraction of sp³-hybridized carbons (Fsp3) is 0.474. The van der Waals surface area contributed by atoms with Gasteiger partial charge in [-0.05, 0) is 36.6 Å². The Kier molecular flexibility index (Phi) is 6.94. The van der Waals surface area contributed by atoms with Gasteiger partial charge < -0.3 is 28.8 Å². The third-order valence-electron chi connectivity index (χ3n) is 4.09. The Balaban J connectivity index is 1.45. The van der Waals surface area contributed by atoms with Crippen molar-refractivity contribution < 1.29 is 28.8 Å². The van der Waals surface area contributed by atoms with Crippen LogP contribution in [0.25, 0.3) is 0 Å². The molecule has 0 bridgehead atoms. The largest absolute Gasteiger partial charge is 0.504 e. The maximum atomic E-state index is 9.77. The maximum Gasteiger partial charge on any atom is 0.312 e. The normalized spacial score (nSPS) is 15.7. The van der Waals surface area contributed by atoms with Crippen LogP contribution in [0, 0.1) is 0 Å². The van der Waals surface area contributed by atoms with Crippen LogP contribution in [0.2, 0.25) is 0 Å². The number of benzene rings is 1. The number of methoxy groups -OCH3 is 1. The van der Waals surface area contributed by atoms with Gasteiger partial charge in [0.25, 0.3) is 0 Å². The van der Waals surface area contributed by atoms with E-state index in [0.29, 0.717) is 44.3 Å². The van der Waals surface area contributed by atoms with E-state index >= 15 is 0 Å². The lowest BCUT2D eigenvalue weighted by molar-refractivity contribution is -0.345. The number of hydrogen-bond donors (Lipinski definition) is 1. The average molecular weight is 376 g/mol. The first-order valence-electron chi connectivity index (χ1n) is 8.84. The van der Waals surface area contributed by atoms with Crippen molar-refractivity contribution in [2.45, 2.75) is 18.8 Å². The minimum Gasteiger partial charge on any atom is -0.504 e. The molecule has 27 heavy (non-hydrogen) atoms. The van der Waals surface area contributed by atoms with Gasteiger partial charge in [-0.1, -0.05) is 0 Å². The van der Waals surface area contributed by atoms with Crippen molar-refractivity contribution in [1.29, 1.82) is 0 Å². The summed E-state index contributed by atoms with van der Waals surface area (Å²) in [5.74, 6) is -0.927. The molecule has 0 saturated carbocycles. The van der Waals surface area contributed by atoms with Crippen molar-refractivity contribution in [3.63, 3.8) is 0 Å². The summed E-state index contributed by atoms with van der Waals surface area (Å²) < 4.78 is 28.0. The number of aromatic nitrogens is 2. The van der Waals surface area contributed by atoms with E-state index in [9.17, 15) is 5.11 Å². The molecule has 1 aromatic carbocycles. The zero-order valence-corrected chi connectivity index (χ0v) is 15.3. The summed E-state index contributed by atoms with van der Waals surface area (Å²) in [4.78, 5) is 7.97. The summed E-state index contributed by atoms with van der Waals surface area (Å²) in [6.07, 6.45) is 6.87. The SMILES string of the molecule is COc1cc(C2(OCCOCCCc3cncnc3)OCCO2)ccc1O. The molecule has 0 amide bonds. The average Bonchev–Trinajstić information content (AvgIpc) is 3.18. The molecule has 0 atom stereocenters. The van der Waals surface area contributed by atoms with Gasteiger partial charge in [-0.25, -0.2) is 9.97 Å². The Morgan fingerprint density at radius 2 is 1.89 bits per heavy atom. The molecule has 0 spiro atoms. The van der Waals surface area contributed by atoms with Gasteiger partial charge in [0.1, 0.15) is 6.33 Å². The molecule has 1 N–H and O–H groups in total. The molecular weight excluding hydrogens is 352 g/mol. The second-order valence-corrected chi connectivity index (χ2v) is 5.95. The van der Waals surface area contributed by atoms with E-state index in [1.54, 1.807) is 24.5 Å². The van der Waals surface area contributed by atoms with Crippen LogP contribution in [0.15, 0.2) is 36.9 Å². The van der Waals surface area contributed by atoms with Crippen molar-refractivity contribution in [2.75, 3.05) is 40.1 Å².